The topological polar surface area (TPSA) is 122 Å². The number of carboxylic acids is 1. The van der Waals surface area contributed by atoms with Crippen molar-refractivity contribution in [1.29, 1.82) is 0 Å². The van der Waals surface area contributed by atoms with E-state index in [9.17, 15) is 22.8 Å². The molecular weight excluding hydrogens is 415 g/mol. The minimum atomic E-state index is -5.08. The number of rotatable bonds is 7. The third kappa shape index (κ3) is 14.7. The van der Waals surface area contributed by atoms with E-state index in [0.717, 1.165) is 6.42 Å². The minimum Gasteiger partial charge on any atom is -0.475 e. The Labute approximate surface area is 179 Å². The van der Waals surface area contributed by atoms with E-state index in [0.29, 0.717) is 6.42 Å². The smallest absolute Gasteiger partial charge is 0.475 e. The Morgan fingerprint density at radius 2 is 1.65 bits per heavy atom. The van der Waals surface area contributed by atoms with Crippen molar-refractivity contribution in [3.05, 3.63) is 48.0 Å². The molecule has 1 aromatic rings. The Morgan fingerprint density at radius 1 is 1.13 bits per heavy atom. The minimum absolute atomic E-state index is 0.178. The Hall–Kier alpha value is -2.88. The third-order valence-corrected chi connectivity index (χ3v) is 3.55. The fraction of sp³-hybridized carbons (Fsp3) is 0.476. The predicted molar refractivity (Wildman–Crippen MR) is 111 cm³/mol. The second-order valence-corrected chi connectivity index (χ2v) is 7.83. The van der Waals surface area contributed by atoms with Crippen LogP contribution >= 0.6 is 0 Å². The van der Waals surface area contributed by atoms with Gasteiger partial charge in [0.05, 0.1) is 6.04 Å². The van der Waals surface area contributed by atoms with Gasteiger partial charge in [-0.2, -0.15) is 13.2 Å². The number of halogens is 3. The van der Waals surface area contributed by atoms with Crippen LogP contribution in [0.15, 0.2) is 42.5 Å². The number of hydrogen-bond acceptors (Lipinski definition) is 4. The van der Waals surface area contributed by atoms with Gasteiger partial charge >= 0.3 is 12.1 Å². The van der Waals surface area contributed by atoms with Crippen LogP contribution in [0.25, 0.3) is 0 Å². The maximum Gasteiger partial charge on any atom is 0.490 e. The maximum absolute atomic E-state index is 11.9. The van der Waals surface area contributed by atoms with E-state index in [1.807, 2.05) is 51.1 Å². The van der Waals surface area contributed by atoms with Gasteiger partial charge in [-0.05, 0) is 46.1 Å². The zero-order valence-electron chi connectivity index (χ0n) is 18.0. The van der Waals surface area contributed by atoms with Gasteiger partial charge in [-0.15, -0.1) is 0 Å². The van der Waals surface area contributed by atoms with Crippen molar-refractivity contribution >= 4 is 17.8 Å². The van der Waals surface area contributed by atoms with Crippen molar-refractivity contribution in [3.63, 3.8) is 0 Å². The molecule has 1 aromatic carbocycles. The highest BCUT2D eigenvalue weighted by Crippen LogP contribution is 2.13. The van der Waals surface area contributed by atoms with Gasteiger partial charge in [-0.25, -0.2) is 4.79 Å². The molecule has 10 heteroatoms. The number of carbonyl (C=O) groups excluding carboxylic acids is 2. The number of nitrogens with two attached hydrogens (primary N) is 1. The Bertz CT molecular complexity index is 742. The molecule has 0 unspecified atom stereocenters. The molecule has 174 valence electrons. The molecule has 7 nitrogen and oxygen atoms in total. The molecular formula is C21H30F3N3O4. The number of alkyl halides is 3. The van der Waals surface area contributed by atoms with Gasteiger partial charge in [0, 0.05) is 17.7 Å². The summed E-state index contributed by atoms with van der Waals surface area (Å²) in [5, 5.41) is 12.9. The summed E-state index contributed by atoms with van der Waals surface area (Å²) in [6.45, 7) is 7.40. The first kappa shape index (κ1) is 28.1. The average Bonchev–Trinajstić information content (AvgIpc) is 2.62. The molecule has 1 rings (SSSR count). The zero-order chi connectivity index (χ0) is 24.2. The average molecular weight is 445 g/mol. The van der Waals surface area contributed by atoms with E-state index in [4.69, 9.17) is 15.6 Å². The van der Waals surface area contributed by atoms with Crippen molar-refractivity contribution in [1.82, 2.24) is 10.6 Å². The molecule has 2 amide bonds. The molecule has 31 heavy (non-hydrogen) atoms. The van der Waals surface area contributed by atoms with Crippen LogP contribution in [0.5, 0.6) is 0 Å². The van der Waals surface area contributed by atoms with Crippen LogP contribution in [0, 0.1) is 0 Å². The summed E-state index contributed by atoms with van der Waals surface area (Å²) in [5.41, 5.74) is 6.50. The summed E-state index contributed by atoms with van der Waals surface area (Å²) in [7, 11) is 0. The van der Waals surface area contributed by atoms with Crippen molar-refractivity contribution in [2.45, 2.75) is 64.3 Å². The van der Waals surface area contributed by atoms with E-state index in [1.165, 1.54) is 11.6 Å². The normalized spacial score (nSPS) is 13.5. The highest BCUT2D eigenvalue weighted by Gasteiger charge is 2.38. The van der Waals surface area contributed by atoms with E-state index in [1.54, 1.807) is 13.0 Å². The highest BCUT2D eigenvalue weighted by molar-refractivity contribution is 5.88. The number of amides is 2. The lowest BCUT2D eigenvalue weighted by molar-refractivity contribution is -0.192. The number of benzene rings is 1. The van der Waals surface area contributed by atoms with E-state index in [-0.39, 0.29) is 23.4 Å². The SMILES string of the molecule is C[C@H](N)C(=O)N[C@H](C=CC(=O)NC(C)(C)C)CCc1ccccc1.O=C(O)C(F)(F)F. The lowest BCUT2D eigenvalue weighted by Crippen LogP contribution is -2.44. The summed E-state index contributed by atoms with van der Waals surface area (Å²) in [4.78, 5) is 32.7. The molecule has 0 aliphatic rings. The molecule has 0 fully saturated rings. The lowest BCUT2D eigenvalue weighted by Gasteiger charge is -2.20. The maximum atomic E-state index is 11.9. The van der Waals surface area contributed by atoms with E-state index < -0.39 is 18.2 Å². The van der Waals surface area contributed by atoms with Crippen LogP contribution in [-0.4, -0.2) is 46.7 Å². The van der Waals surface area contributed by atoms with Crippen LogP contribution in [0.2, 0.25) is 0 Å². The van der Waals surface area contributed by atoms with Gasteiger partial charge < -0.3 is 21.5 Å². The number of carbonyl (C=O) groups is 3. The van der Waals surface area contributed by atoms with Crippen LogP contribution < -0.4 is 16.4 Å². The molecule has 0 saturated heterocycles. The summed E-state index contributed by atoms with van der Waals surface area (Å²) in [6.07, 6.45) is -0.385. The van der Waals surface area contributed by atoms with Crippen LogP contribution in [0.3, 0.4) is 0 Å². The highest BCUT2D eigenvalue weighted by atomic mass is 19.4. The second kappa shape index (κ2) is 12.7. The Morgan fingerprint density at radius 3 is 2.06 bits per heavy atom. The van der Waals surface area contributed by atoms with Gasteiger partial charge in [-0.3, -0.25) is 9.59 Å². The van der Waals surface area contributed by atoms with Gasteiger partial charge in [0.1, 0.15) is 0 Å². The standard InChI is InChI=1S/C19H29N3O2.C2HF3O2/c1-14(20)18(24)21-16(11-10-15-8-6-5-7-9-15)12-13-17(23)22-19(2,3)4;3-2(4,5)1(6)7/h5-9,12-14,16H,10-11,20H2,1-4H3,(H,21,24)(H,22,23);(H,6,7)/t14-,16-;/m0./s1. The van der Waals surface area contributed by atoms with Crippen LogP contribution in [0.1, 0.15) is 39.7 Å². The first-order valence-electron chi connectivity index (χ1n) is 9.52. The van der Waals surface area contributed by atoms with Gasteiger partial charge in [0.25, 0.3) is 0 Å². The van der Waals surface area contributed by atoms with Gasteiger partial charge in [0.2, 0.25) is 11.8 Å². The van der Waals surface area contributed by atoms with Gasteiger partial charge in [-0.1, -0.05) is 36.4 Å². The molecule has 0 bridgehead atoms. The van der Waals surface area contributed by atoms with E-state index >= 15 is 0 Å². The predicted octanol–water partition coefficient (Wildman–Crippen LogP) is 2.56. The molecule has 0 aliphatic carbocycles. The largest absolute Gasteiger partial charge is 0.490 e. The molecule has 0 aromatic heterocycles. The molecule has 0 aliphatic heterocycles. The molecule has 0 spiro atoms. The fourth-order valence-electron chi connectivity index (χ4n) is 2.11. The number of aryl methyl sites for hydroxylation is 1. The molecule has 2 atom stereocenters. The summed E-state index contributed by atoms with van der Waals surface area (Å²) < 4.78 is 31.7. The zero-order valence-corrected chi connectivity index (χ0v) is 18.0. The number of carboxylic acid groups (broad SMARTS) is 1. The lowest BCUT2D eigenvalue weighted by atomic mass is 10.0. The summed E-state index contributed by atoms with van der Waals surface area (Å²) >= 11 is 0. The summed E-state index contributed by atoms with van der Waals surface area (Å²) in [6, 6.07) is 9.20. The Balaban J connectivity index is 0.00000110. The first-order valence-corrected chi connectivity index (χ1v) is 9.52. The van der Waals surface area contributed by atoms with Crippen LogP contribution in [-0.2, 0) is 20.8 Å². The fourth-order valence-corrected chi connectivity index (χ4v) is 2.11. The molecule has 5 N–H and O–H groups in total. The Kier molecular flexibility index (Phi) is 11.6. The number of nitrogens with one attached hydrogen (secondary N) is 2. The van der Waals surface area contributed by atoms with Crippen molar-refractivity contribution in [3.8, 4) is 0 Å². The monoisotopic (exact) mass is 445 g/mol. The first-order chi connectivity index (χ1) is 14.1. The molecule has 0 saturated carbocycles. The summed E-state index contributed by atoms with van der Waals surface area (Å²) in [5.74, 6) is -3.16. The number of aliphatic carboxylic acids is 1. The second-order valence-electron chi connectivity index (χ2n) is 7.83. The molecule has 0 radical (unpaired) electrons. The quantitative estimate of drug-likeness (QED) is 0.481. The number of hydrogen-bond donors (Lipinski definition) is 4. The molecule has 0 heterocycles. The van der Waals surface area contributed by atoms with Crippen LogP contribution in [0.4, 0.5) is 13.2 Å². The van der Waals surface area contributed by atoms with Crippen molar-refractivity contribution in [2.75, 3.05) is 0 Å². The van der Waals surface area contributed by atoms with Crippen molar-refractivity contribution < 1.29 is 32.7 Å². The van der Waals surface area contributed by atoms with Gasteiger partial charge in [0.15, 0.2) is 0 Å². The van der Waals surface area contributed by atoms with E-state index in [2.05, 4.69) is 10.6 Å². The third-order valence-electron chi connectivity index (χ3n) is 3.55. The van der Waals surface area contributed by atoms with Crippen molar-refractivity contribution in [2.24, 2.45) is 5.73 Å².